The predicted molar refractivity (Wildman–Crippen MR) is 185 cm³/mol. The first-order valence-corrected chi connectivity index (χ1v) is 15.8. The Balaban J connectivity index is 1.26. The van der Waals surface area contributed by atoms with Gasteiger partial charge in [0, 0.05) is 46.4 Å². The molecule has 0 atom stereocenters. The number of aromatic nitrogens is 3. The van der Waals surface area contributed by atoms with Gasteiger partial charge in [0.25, 0.3) is 0 Å². The van der Waals surface area contributed by atoms with Gasteiger partial charge in [-0.2, -0.15) is 0 Å². The summed E-state index contributed by atoms with van der Waals surface area (Å²) in [4.78, 5) is 10.3. The van der Waals surface area contributed by atoms with E-state index in [4.69, 9.17) is 9.97 Å². The van der Waals surface area contributed by atoms with Gasteiger partial charge >= 0.3 is 0 Å². The van der Waals surface area contributed by atoms with Gasteiger partial charge in [0.15, 0.2) is 0 Å². The molecule has 0 N–H and O–H groups in total. The highest BCUT2D eigenvalue weighted by molar-refractivity contribution is 9.10. The fourth-order valence-corrected chi connectivity index (χ4v) is 7.76. The molecule has 6 aromatic carbocycles. The van der Waals surface area contributed by atoms with Crippen LogP contribution in [0.5, 0.6) is 0 Å². The molecule has 0 aliphatic carbocycles. The maximum atomic E-state index is 5.21. The number of fused-ring (bicyclic) bond motifs is 7. The van der Waals surface area contributed by atoms with Crippen molar-refractivity contribution in [1.29, 1.82) is 0 Å². The topological polar surface area (TPSA) is 30.7 Å². The SMILES string of the molecule is Brc1ccc2sc3cc(-c4ccc5c(c4)c4ccccc4n5-c4nc(-c5ccccc5)c5ccccc5n4)ccc3c2c1. The molecule has 3 aromatic heterocycles. The number of hydrogen-bond acceptors (Lipinski definition) is 3. The zero-order valence-corrected chi connectivity index (χ0v) is 25.2. The van der Waals surface area contributed by atoms with E-state index < -0.39 is 0 Å². The smallest absolute Gasteiger partial charge is 0.235 e. The Morgan fingerprint density at radius 1 is 0.488 bits per heavy atom. The highest BCUT2D eigenvalue weighted by atomic mass is 79.9. The molecule has 9 aromatic rings. The van der Waals surface area contributed by atoms with E-state index in [1.54, 1.807) is 0 Å². The molecule has 0 fully saturated rings. The van der Waals surface area contributed by atoms with Crippen molar-refractivity contribution in [3.8, 4) is 28.3 Å². The number of thiophene rings is 1. The van der Waals surface area contributed by atoms with Crippen molar-refractivity contribution in [1.82, 2.24) is 14.5 Å². The summed E-state index contributed by atoms with van der Waals surface area (Å²) in [6, 6.07) is 47.3. The molecular weight excluding hydrogens is 610 g/mol. The Bertz CT molecular complexity index is 2530. The third-order valence-electron chi connectivity index (χ3n) is 8.28. The summed E-state index contributed by atoms with van der Waals surface area (Å²) in [5.41, 5.74) is 7.53. The van der Waals surface area contributed by atoms with Crippen LogP contribution in [-0.2, 0) is 0 Å². The normalized spacial score (nSPS) is 11.8. The lowest BCUT2D eigenvalue weighted by Crippen LogP contribution is -2.03. The predicted octanol–water partition coefficient (Wildman–Crippen LogP) is 11.2. The zero-order valence-electron chi connectivity index (χ0n) is 22.8. The van der Waals surface area contributed by atoms with Gasteiger partial charge in [0.05, 0.1) is 22.2 Å². The fraction of sp³-hybridized carbons (Fsp3) is 0. The molecule has 0 unspecified atom stereocenters. The molecule has 3 heterocycles. The lowest BCUT2D eigenvalue weighted by atomic mass is 10.0. The van der Waals surface area contributed by atoms with E-state index in [0.717, 1.165) is 37.7 Å². The molecule has 0 amide bonds. The van der Waals surface area contributed by atoms with Crippen LogP contribution in [0.15, 0.2) is 138 Å². The van der Waals surface area contributed by atoms with Gasteiger partial charge in [-0.05, 0) is 59.7 Å². The molecule has 0 aliphatic heterocycles. The quantitative estimate of drug-likeness (QED) is 0.194. The van der Waals surface area contributed by atoms with Crippen LogP contribution in [0.25, 0.3) is 81.2 Å². The molecule has 3 nitrogen and oxygen atoms in total. The summed E-state index contributed by atoms with van der Waals surface area (Å²) in [5.74, 6) is 0.675. The fourth-order valence-electron chi connectivity index (χ4n) is 6.28. The van der Waals surface area contributed by atoms with Crippen LogP contribution in [0.3, 0.4) is 0 Å². The Morgan fingerprint density at radius 3 is 2.14 bits per heavy atom. The first-order chi connectivity index (χ1) is 21.2. The number of benzene rings is 6. The second kappa shape index (κ2) is 9.60. The summed E-state index contributed by atoms with van der Waals surface area (Å²) >= 11 is 5.48. The first-order valence-electron chi connectivity index (χ1n) is 14.2. The second-order valence-corrected chi connectivity index (χ2v) is 12.8. The minimum atomic E-state index is 0.675. The van der Waals surface area contributed by atoms with E-state index in [2.05, 4.69) is 142 Å². The van der Waals surface area contributed by atoms with Crippen LogP contribution >= 0.6 is 27.3 Å². The van der Waals surface area contributed by atoms with E-state index in [1.165, 1.54) is 42.1 Å². The van der Waals surface area contributed by atoms with Gasteiger partial charge in [0.2, 0.25) is 5.95 Å². The van der Waals surface area contributed by atoms with Crippen molar-refractivity contribution < 1.29 is 0 Å². The lowest BCUT2D eigenvalue weighted by Gasteiger charge is -2.12. The van der Waals surface area contributed by atoms with E-state index in [-0.39, 0.29) is 0 Å². The Morgan fingerprint density at radius 2 is 1.23 bits per heavy atom. The van der Waals surface area contributed by atoms with E-state index in [0.29, 0.717) is 5.95 Å². The summed E-state index contributed by atoms with van der Waals surface area (Å²) in [6.07, 6.45) is 0. The molecule has 0 saturated carbocycles. The van der Waals surface area contributed by atoms with Gasteiger partial charge in [-0.25, -0.2) is 9.97 Å². The van der Waals surface area contributed by atoms with Crippen molar-refractivity contribution in [2.24, 2.45) is 0 Å². The molecule has 0 aliphatic rings. The van der Waals surface area contributed by atoms with Crippen LogP contribution in [0.4, 0.5) is 0 Å². The molecule has 0 saturated heterocycles. The zero-order chi connectivity index (χ0) is 28.5. The number of halogens is 1. The van der Waals surface area contributed by atoms with Crippen LogP contribution in [-0.4, -0.2) is 14.5 Å². The molecule has 0 radical (unpaired) electrons. The molecule has 202 valence electrons. The summed E-state index contributed by atoms with van der Waals surface area (Å²) in [5, 5.41) is 6.01. The molecular formula is C38H22BrN3S. The van der Waals surface area contributed by atoms with Gasteiger partial charge in [-0.1, -0.05) is 101 Å². The third-order valence-corrected chi connectivity index (χ3v) is 9.90. The van der Waals surface area contributed by atoms with Crippen molar-refractivity contribution in [3.63, 3.8) is 0 Å². The lowest BCUT2D eigenvalue weighted by molar-refractivity contribution is 1.01. The van der Waals surface area contributed by atoms with Crippen molar-refractivity contribution in [2.75, 3.05) is 0 Å². The largest absolute Gasteiger partial charge is 0.278 e. The van der Waals surface area contributed by atoms with Crippen molar-refractivity contribution >= 4 is 80.1 Å². The number of rotatable bonds is 3. The first kappa shape index (κ1) is 24.7. The molecule has 43 heavy (non-hydrogen) atoms. The summed E-state index contributed by atoms with van der Waals surface area (Å²) in [7, 11) is 0. The van der Waals surface area contributed by atoms with E-state index in [1.807, 2.05) is 23.5 Å². The minimum absolute atomic E-state index is 0.675. The van der Waals surface area contributed by atoms with Gasteiger partial charge in [-0.3, -0.25) is 4.57 Å². The average molecular weight is 633 g/mol. The Labute approximate surface area is 259 Å². The number of hydrogen-bond donors (Lipinski definition) is 0. The van der Waals surface area contributed by atoms with Gasteiger partial charge in [0.1, 0.15) is 0 Å². The van der Waals surface area contributed by atoms with Gasteiger partial charge < -0.3 is 0 Å². The highest BCUT2D eigenvalue weighted by Gasteiger charge is 2.18. The maximum absolute atomic E-state index is 5.21. The van der Waals surface area contributed by atoms with E-state index >= 15 is 0 Å². The molecule has 0 bridgehead atoms. The third kappa shape index (κ3) is 3.93. The van der Waals surface area contributed by atoms with Crippen molar-refractivity contribution in [2.45, 2.75) is 0 Å². The monoisotopic (exact) mass is 631 g/mol. The summed E-state index contributed by atoms with van der Waals surface area (Å²) < 4.78 is 5.92. The molecule has 0 spiro atoms. The second-order valence-electron chi connectivity index (χ2n) is 10.8. The van der Waals surface area contributed by atoms with Crippen LogP contribution in [0, 0.1) is 0 Å². The Hall–Kier alpha value is -4.84. The van der Waals surface area contributed by atoms with Gasteiger partial charge in [-0.15, -0.1) is 11.3 Å². The van der Waals surface area contributed by atoms with E-state index in [9.17, 15) is 0 Å². The van der Waals surface area contributed by atoms with Crippen LogP contribution < -0.4 is 0 Å². The maximum Gasteiger partial charge on any atom is 0.235 e. The Kier molecular flexibility index (Phi) is 5.52. The highest BCUT2D eigenvalue weighted by Crippen LogP contribution is 2.39. The summed E-state index contributed by atoms with van der Waals surface area (Å²) in [6.45, 7) is 0. The standard InChI is InChI=1S/C38H22BrN3S/c39-26-16-19-35-31(22-26)28-17-14-25(21-36(28)43-35)24-15-18-34-30(20-24)27-10-5-7-13-33(27)42(34)38-40-32-12-6-4-11-29(32)37(41-38)23-8-2-1-3-9-23/h1-22H. The van der Waals surface area contributed by atoms with Crippen molar-refractivity contribution in [3.05, 3.63) is 138 Å². The molecule has 9 rings (SSSR count). The molecule has 5 heteroatoms. The average Bonchev–Trinajstić information content (AvgIpc) is 3.59. The van der Waals surface area contributed by atoms with Crippen LogP contribution in [0.1, 0.15) is 0 Å². The number of para-hydroxylation sites is 2. The number of nitrogens with zero attached hydrogens (tertiary/aromatic N) is 3. The van der Waals surface area contributed by atoms with Crippen LogP contribution in [0.2, 0.25) is 0 Å². The minimum Gasteiger partial charge on any atom is -0.278 e.